The van der Waals surface area contributed by atoms with E-state index in [1.54, 1.807) is 0 Å². The molecule has 21 heavy (non-hydrogen) atoms. The molecule has 0 radical (unpaired) electrons. The van der Waals surface area contributed by atoms with Gasteiger partial charge in [-0.05, 0) is 38.5 Å². The van der Waals surface area contributed by atoms with Crippen LogP contribution in [0.15, 0.2) is 0 Å². The summed E-state index contributed by atoms with van der Waals surface area (Å²) in [6, 6.07) is 0.0821. The first kappa shape index (κ1) is 16.2. The molecule has 120 valence electrons. The molecule has 0 spiro atoms. The summed E-state index contributed by atoms with van der Waals surface area (Å²) in [6.45, 7) is 4.85. The van der Waals surface area contributed by atoms with Crippen LogP contribution in [0.1, 0.15) is 52.4 Å². The molecule has 6 nitrogen and oxygen atoms in total. The molecule has 2 fully saturated rings. The van der Waals surface area contributed by atoms with Crippen molar-refractivity contribution in [1.82, 2.24) is 5.32 Å². The number of carboxylic acid groups (broad SMARTS) is 1. The van der Waals surface area contributed by atoms with Crippen molar-refractivity contribution in [2.75, 3.05) is 6.61 Å². The molecule has 1 amide bonds. The summed E-state index contributed by atoms with van der Waals surface area (Å²) in [5, 5.41) is 11.9. The number of aliphatic carboxylic acids is 1. The number of rotatable bonds is 5. The van der Waals surface area contributed by atoms with E-state index < -0.39 is 18.2 Å². The minimum Gasteiger partial charge on any atom is -0.479 e. The molecule has 0 aromatic rings. The Hall–Kier alpha value is -1.14. The van der Waals surface area contributed by atoms with E-state index >= 15 is 0 Å². The van der Waals surface area contributed by atoms with Crippen molar-refractivity contribution in [3.05, 3.63) is 0 Å². The normalized spacial score (nSPS) is 31.8. The Labute approximate surface area is 125 Å². The highest BCUT2D eigenvalue weighted by atomic mass is 16.5. The molecule has 2 aliphatic heterocycles. The first-order chi connectivity index (χ1) is 9.99. The highest BCUT2D eigenvalue weighted by Gasteiger charge is 2.38. The molecular weight excluding hydrogens is 274 g/mol. The zero-order valence-electron chi connectivity index (χ0n) is 12.8. The molecule has 1 unspecified atom stereocenters. The van der Waals surface area contributed by atoms with Crippen LogP contribution in [0.4, 0.5) is 0 Å². The molecule has 2 saturated heterocycles. The number of amides is 1. The fourth-order valence-electron chi connectivity index (χ4n) is 3.20. The fourth-order valence-corrected chi connectivity index (χ4v) is 3.20. The lowest BCUT2D eigenvalue weighted by atomic mass is 9.86. The largest absolute Gasteiger partial charge is 0.479 e. The average molecular weight is 299 g/mol. The summed E-state index contributed by atoms with van der Waals surface area (Å²) < 4.78 is 11.2. The zero-order valence-corrected chi connectivity index (χ0v) is 12.8. The van der Waals surface area contributed by atoms with Gasteiger partial charge in [-0.25, -0.2) is 4.79 Å². The van der Waals surface area contributed by atoms with Gasteiger partial charge in [-0.2, -0.15) is 0 Å². The van der Waals surface area contributed by atoms with Crippen LogP contribution in [0.5, 0.6) is 0 Å². The lowest BCUT2D eigenvalue weighted by Gasteiger charge is -2.40. The first-order valence-corrected chi connectivity index (χ1v) is 7.82. The second-order valence-corrected chi connectivity index (χ2v) is 5.97. The number of carbonyl (C=O) groups is 2. The Balaban J connectivity index is 1.87. The van der Waals surface area contributed by atoms with Crippen LogP contribution in [0, 0.1) is 0 Å². The molecule has 3 atom stereocenters. The van der Waals surface area contributed by atoms with Crippen molar-refractivity contribution in [3.63, 3.8) is 0 Å². The van der Waals surface area contributed by atoms with E-state index in [-0.39, 0.29) is 17.6 Å². The quantitative estimate of drug-likeness (QED) is 0.803. The number of carbonyl (C=O) groups excluding carboxylic acids is 1. The van der Waals surface area contributed by atoms with Gasteiger partial charge in [0.2, 0.25) is 5.91 Å². The topological polar surface area (TPSA) is 84.9 Å². The van der Waals surface area contributed by atoms with E-state index in [2.05, 4.69) is 19.2 Å². The van der Waals surface area contributed by atoms with Crippen LogP contribution in [0.2, 0.25) is 0 Å². The van der Waals surface area contributed by atoms with Gasteiger partial charge in [0.1, 0.15) is 6.10 Å². The molecule has 2 rings (SSSR count). The van der Waals surface area contributed by atoms with Crippen LogP contribution in [0.3, 0.4) is 0 Å². The Kier molecular flexibility index (Phi) is 5.22. The van der Waals surface area contributed by atoms with Crippen LogP contribution >= 0.6 is 0 Å². The molecule has 0 aromatic carbocycles. The van der Waals surface area contributed by atoms with E-state index in [0.717, 1.165) is 25.7 Å². The monoisotopic (exact) mass is 299 g/mol. The van der Waals surface area contributed by atoms with Gasteiger partial charge < -0.3 is 19.9 Å². The van der Waals surface area contributed by atoms with Crippen LogP contribution in [-0.2, 0) is 19.1 Å². The van der Waals surface area contributed by atoms with Gasteiger partial charge in [0.15, 0.2) is 6.10 Å². The lowest BCUT2D eigenvalue weighted by Crippen LogP contribution is -2.50. The van der Waals surface area contributed by atoms with Crippen molar-refractivity contribution in [2.24, 2.45) is 0 Å². The van der Waals surface area contributed by atoms with E-state index in [0.29, 0.717) is 19.4 Å². The maximum absolute atomic E-state index is 12.2. The minimum absolute atomic E-state index is 0.0821. The minimum atomic E-state index is -0.993. The standard InChI is InChI=1S/C15H25NO5/c1-3-15(4-2)9-10(7-8-20-15)16-13(17)11-5-6-12(21-11)14(18)19/h10-12H,3-9H2,1-2H3,(H,16,17)(H,18,19)/t10?,11-,12+/m0/s1. The molecule has 2 heterocycles. The highest BCUT2D eigenvalue weighted by molar-refractivity contribution is 5.82. The maximum atomic E-state index is 12.2. The first-order valence-electron chi connectivity index (χ1n) is 7.82. The number of nitrogens with one attached hydrogen (secondary N) is 1. The van der Waals surface area contributed by atoms with E-state index in [4.69, 9.17) is 14.6 Å². The van der Waals surface area contributed by atoms with Crippen molar-refractivity contribution < 1.29 is 24.2 Å². The van der Waals surface area contributed by atoms with Gasteiger partial charge in [0, 0.05) is 12.6 Å². The van der Waals surface area contributed by atoms with E-state index in [1.165, 1.54) is 0 Å². The third-order valence-corrected chi connectivity index (χ3v) is 4.72. The van der Waals surface area contributed by atoms with Crippen molar-refractivity contribution in [3.8, 4) is 0 Å². The predicted octanol–water partition coefficient (Wildman–Crippen LogP) is 1.47. The van der Waals surface area contributed by atoms with Gasteiger partial charge in [-0.1, -0.05) is 13.8 Å². The Morgan fingerprint density at radius 1 is 1.19 bits per heavy atom. The summed E-state index contributed by atoms with van der Waals surface area (Å²) >= 11 is 0. The highest BCUT2D eigenvalue weighted by Crippen LogP contribution is 2.31. The molecule has 0 bridgehead atoms. The fraction of sp³-hybridized carbons (Fsp3) is 0.867. The van der Waals surface area contributed by atoms with Gasteiger partial charge in [0.25, 0.3) is 0 Å². The van der Waals surface area contributed by atoms with Gasteiger partial charge in [0.05, 0.1) is 5.60 Å². The summed E-state index contributed by atoms with van der Waals surface area (Å²) in [4.78, 5) is 23.0. The van der Waals surface area contributed by atoms with Gasteiger partial charge in [-0.15, -0.1) is 0 Å². The Morgan fingerprint density at radius 2 is 1.86 bits per heavy atom. The van der Waals surface area contributed by atoms with Crippen molar-refractivity contribution >= 4 is 11.9 Å². The van der Waals surface area contributed by atoms with Crippen LogP contribution in [-0.4, -0.2) is 47.4 Å². The maximum Gasteiger partial charge on any atom is 0.332 e. The molecule has 0 aromatic heterocycles. The molecule has 6 heteroatoms. The van der Waals surface area contributed by atoms with E-state index in [1.807, 2.05) is 0 Å². The molecule has 2 N–H and O–H groups in total. The molecule has 2 aliphatic rings. The third kappa shape index (κ3) is 3.74. The number of hydrogen-bond acceptors (Lipinski definition) is 4. The summed E-state index contributed by atoms with van der Waals surface area (Å²) in [7, 11) is 0. The second-order valence-electron chi connectivity index (χ2n) is 5.97. The molecule has 0 aliphatic carbocycles. The molecule has 0 saturated carbocycles. The average Bonchev–Trinajstić information content (AvgIpc) is 2.97. The number of carboxylic acids is 1. The van der Waals surface area contributed by atoms with Gasteiger partial charge >= 0.3 is 5.97 Å². The summed E-state index contributed by atoms with van der Waals surface area (Å²) in [5.41, 5.74) is -0.143. The van der Waals surface area contributed by atoms with Crippen LogP contribution in [0.25, 0.3) is 0 Å². The predicted molar refractivity (Wildman–Crippen MR) is 76.0 cm³/mol. The Morgan fingerprint density at radius 3 is 2.43 bits per heavy atom. The Bertz CT molecular complexity index is 394. The van der Waals surface area contributed by atoms with Gasteiger partial charge in [-0.3, -0.25) is 4.79 Å². The second kappa shape index (κ2) is 6.75. The molecular formula is C15H25NO5. The zero-order chi connectivity index (χ0) is 15.5. The number of hydrogen-bond donors (Lipinski definition) is 2. The lowest BCUT2D eigenvalue weighted by molar-refractivity contribution is -0.152. The summed E-state index contributed by atoms with van der Waals surface area (Å²) in [6.07, 6.45) is 2.85. The van der Waals surface area contributed by atoms with Crippen LogP contribution < -0.4 is 5.32 Å². The SMILES string of the molecule is CCC1(CC)CC(NC(=O)[C@@H]2CC[C@H](C(=O)O)O2)CCO1. The number of ether oxygens (including phenoxy) is 2. The smallest absolute Gasteiger partial charge is 0.332 e. The third-order valence-electron chi connectivity index (χ3n) is 4.72. The van der Waals surface area contributed by atoms with Crippen molar-refractivity contribution in [1.29, 1.82) is 0 Å². The van der Waals surface area contributed by atoms with E-state index in [9.17, 15) is 9.59 Å². The summed E-state index contributed by atoms with van der Waals surface area (Å²) in [5.74, 6) is -1.18. The van der Waals surface area contributed by atoms with Crippen molar-refractivity contribution in [2.45, 2.75) is 76.2 Å².